The van der Waals surface area contributed by atoms with Crippen molar-refractivity contribution in [3.63, 3.8) is 0 Å². The highest BCUT2D eigenvalue weighted by molar-refractivity contribution is 5.93. The molecule has 5 heteroatoms. The Morgan fingerprint density at radius 3 is 2.55 bits per heavy atom. The smallest absolute Gasteiger partial charge is 0.224 e. The van der Waals surface area contributed by atoms with E-state index in [2.05, 4.69) is 10.2 Å². The van der Waals surface area contributed by atoms with Crippen LogP contribution in [0.2, 0.25) is 0 Å². The maximum atomic E-state index is 14.1. The summed E-state index contributed by atoms with van der Waals surface area (Å²) in [6.45, 7) is 10.7. The number of nitrogens with one attached hydrogen (secondary N) is 1. The highest BCUT2D eigenvalue weighted by Gasteiger charge is 2.21. The first kappa shape index (κ1) is 16.7. The van der Waals surface area contributed by atoms with Crippen molar-refractivity contribution in [2.75, 3.05) is 36.5 Å². The molecule has 1 aromatic rings. The van der Waals surface area contributed by atoms with Crippen LogP contribution in [-0.4, -0.2) is 32.2 Å². The third-order valence-corrected chi connectivity index (χ3v) is 3.69. The van der Waals surface area contributed by atoms with E-state index >= 15 is 0 Å². The van der Waals surface area contributed by atoms with Gasteiger partial charge in [0.05, 0.1) is 18.9 Å². The molecule has 0 spiro atoms. The van der Waals surface area contributed by atoms with Crippen LogP contribution in [0.5, 0.6) is 0 Å². The van der Waals surface area contributed by atoms with Crippen LogP contribution in [0, 0.1) is 18.2 Å². The zero-order chi connectivity index (χ0) is 16.3. The lowest BCUT2D eigenvalue weighted by molar-refractivity contribution is -0.117. The van der Waals surface area contributed by atoms with Crippen LogP contribution in [0.4, 0.5) is 15.8 Å². The Hall–Kier alpha value is -1.62. The zero-order valence-electron chi connectivity index (χ0n) is 13.8. The van der Waals surface area contributed by atoms with Crippen molar-refractivity contribution in [3.05, 3.63) is 23.5 Å². The molecule has 1 heterocycles. The second kappa shape index (κ2) is 6.65. The van der Waals surface area contributed by atoms with Crippen LogP contribution in [-0.2, 0) is 9.53 Å². The molecule has 1 aromatic carbocycles. The summed E-state index contributed by atoms with van der Waals surface area (Å²) >= 11 is 0. The van der Waals surface area contributed by atoms with Crippen LogP contribution < -0.4 is 10.2 Å². The maximum absolute atomic E-state index is 14.1. The van der Waals surface area contributed by atoms with Crippen LogP contribution in [0.25, 0.3) is 0 Å². The highest BCUT2D eigenvalue weighted by Crippen LogP contribution is 2.31. The van der Waals surface area contributed by atoms with Gasteiger partial charge < -0.3 is 15.0 Å². The molecule has 0 radical (unpaired) electrons. The third kappa shape index (κ3) is 4.19. The number of hydrogen-bond donors (Lipinski definition) is 1. The number of hydrogen-bond acceptors (Lipinski definition) is 3. The van der Waals surface area contributed by atoms with Crippen molar-refractivity contribution in [3.8, 4) is 0 Å². The van der Waals surface area contributed by atoms with Crippen LogP contribution in [0.15, 0.2) is 12.1 Å². The number of carbonyl (C=O) groups is 1. The predicted octanol–water partition coefficient (Wildman–Crippen LogP) is 3.35. The van der Waals surface area contributed by atoms with Gasteiger partial charge in [-0.05, 0) is 30.0 Å². The predicted molar refractivity (Wildman–Crippen MR) is 86.9 cm³/mol. The molecule has 0 atom stereocenters. The Labute approximate surface area is 131 Å². The van der Waals surface area contributed by atoms with Crippen molar-refractivity contribution in [2.24, 2.45) is 5.41 Å². The molecule has 1 N–H and O–H groups in total. The summed E-state index contributed by atoms with van der Waals surface area (Å²) in [6.07, 6.45) is 0.355. The average Bonchev–Trinajstić information content (AvgIpc) is 2.42. The van der Waals surface area contributed by atoms with E-state index in [0.29, 0.717) is 25.3 Å². The Bertz CT molecular complexity index is 546. The first-order valence-corrected chi connectivity index (χ1v) is 7.69. The molecular formula is C17H25FN2O2. The SMILES string of the molecule is Cc1c(N2CCOCC2)ccc(F)c1NC(=O)CC(C)(C)C. The third-order valence-electron chi connectivity index (χ3n) is 3.69. The van der Waals surface area contributed by atoms with E-state index in [-0.39, 0.29) is 11.3 Å². The quantitative estimate of drug-likeness (QED) is 0.931. The van der Waals surface area contributed by atoms with Gasteiger partial charge in [-0.25, -0.2) is 4.39 Å². The number of rotatable bonds is 3. The molecule has 0 aromatic heterocycles. The summed E-state index contributed by atoms with van der Waals surface area (Å²) in [5.41, 5.74) is 1.88. The molecule has 1 aliphatic heterocycles. The molecule has 122 valence electrons. The van der Waals surface area contributed by atoms with Gasteiger partial charge in [-0.2, -0.15) is 0 Å². The van der Waals surface area contributed by atoms with E-state index in [9.17, 15) is 9.18 Å². The van der Waals surface area contributed by atoms with Gasteiger partial charge in [0.15, 0.2) is 0 Å². The van der Waals surface area contributed by atoms with Gasteiger partial charge in [0.1, 0.15) is 5.82 Å². The fourth-order valence-electron chi connectivity index (χ4n) is 2.63. The molecule has 0 aliphatic carbocycles. The van der Waals surface area contributed by atoms with Crippen molar-refractivity contribution in [1.82, 2.24) is 0 Å². The largest absolute Gasteiger partial charge is 0.378 e. The molecule has 0 saturated carbocycles. The van der Waals surface area contributed by atoms with Gasteiger partial charge in [0.2, 0.25) is 5.91 Å². The van der Waals surface area contributed by atoms with Gasteiger partial charge in [0.25, 0.3) is 0 Å². The Morgan fingerprint density at radius 2 is 1.95 bits per heavy atom. The number of anilines is 2. The molecule has 1 amide bonds. The van der Waals surface area contributed by atoms with E-state index in [1.54, 1.807) is 6.07 Å². The number of morpholine rings is 1. The van der Waals surface area contributed by atoms with Gasteiger partial charge in [-0.1, -0.05) is 20.8 Å². The first-order valence-electron chi connectivity index (χ1n) is 7.69. The second-order valence-corrected chi connectivity index (χ2v) is 6.95. The number of nitrogens with zero attached hydrogens (tertiary/aromatic N) is 1. The van der Waals surface area contributed by atoms with Crippen LogP contribution in [0.1, 0.15) is 32.8 Å². The Morgan fingerprint density at radius 1 is 1.32 bits per heavy atom. The van der Waals surface area contributed by atoms with Gasteiger partial charge in [-0.3, -0.25) is 4.79 Å². The molecule has 4 nitrogen and oxygen atoms in total. The number of benzene rings is 1. The van der Waals surface area contributed by atoms with Gasteiger partial charge in [-0.15, -0.1) is 0 Å². The number of halogens is 1. The van der Waals surface area contributed by atoms with Crippen LogP contribution >= 0.6 is 0 Å². The summed E-state index contributed by atoms with van der Waals surface area (Å²) in [5, 5.41) is 2.74. The second-order valence-electron chi connectivity index (χ2n) is 6.95. The minimum Gasteiger partial charge on any atom is -0.378 e. The maximum Gasteiger partial charge on any atom is 0.224 e. The van der Waals surface area contributed by atoms with Crippen LogP contribution in [0.3, 0.4) is 0 Å². The molecule has 22 heavy (non-hydrogen) atoms. The summed E-state index contributed by atoms with van der Waals surface area (Å²) in [6, 6.07) is 3.19. The molecule has 0 bridgehead atoms. The molecule has 1 aliphatic rings. The van der Waals surface area contributed by atoms with Crippen molar-refractivity contribution >= 4 is 17.3 Å². The van der Waals surface area contributed by atoms with Crippen molar-refractivity contribution < 1.29 is 13.9 Å². The molecule has 1 fully saturated rings. The van der Waals surface area contributed by atoms with E-state index < -0.39 is 5.82 Å². The van der Waals surface area contributed by atoms with Gasteiger partial charge in [0, 0.05) is 25.2 Å². The van der Waals surface area contributed by atoms with E-state index in [0.717, 1.165) is 24.3 Å². The lowest BCUT2D eigenvalue weighted by atomic mass is 9.92. The monoisotopic (exact) mass is 308 g/mol. The topological polar surface area (TPSA) is 41.6 Å². The van der Waals surface area contributed by atoms with Gasteiger partial charge >= 0.3 is 0 Å². The normalized spacial score (nSPS) is 15.8. The lowest BCUT2D eigenvalue weighted by Gasteiger charge is -2.31. The Kier molecular flexibility index (Phi) is 5.06. The number of amides is 1. The minimum absolute atomic E-state index is 0.129. The van der Waals surface area contributed by atoms with E-state index in [4.69, 9.17) is 4.74 Å². The first-order chi connectivity index (χ1) is 10.3. The average molecular weight is 308 g/mol. The number of carbonyl (C=O) groups excluding carboxylic acids is 1. The minimum atomic E-state index is -0.392. The summed E-state index contributed by atoms with van der Waals surface area (Å²) in [7, 11) is 0. The summed E-state index contributed by atoms with van der Waals surface area (Å²) in [5.74, 6) is -0.551. The molecule has 1 saturated heterocycles. The highest BCUT2D eigenvalue weighted by atomic mass is 19.1. The fraction of sp³-hybridized carbons (Fsp3) is 0.588. The Balaban J connectivity index is 2.21. The molecule has 2 rings (SSSR count). The summed E-state index contributed by atoms with van der Waals surface area (Å²) < 4.78 is 19.5. The summed E-state index contributed by atoms with van der Waals surface area (Å²) in [4.78, 5) is 14.3. The standard InChI is InChI=1S/C17H25FN2O2/c1-12-14(20-7-9-22-10-8-20)6-5-13(18)16(12)19-15(21)11-17(2,3)4/h5-6H,7-11H2,1-4H3,(H,19,21). The molecular weight excluding hydrogens is 283 g/mol. The van der Waals surface area contributed by atoms with Crippen molar-refractivity contribution in [1.29, 1.82) is 0 Å². The molecule has 0 unspecified atom stereocenters. The zero-order valence-corrected chi connectivity index (χ0v) is 13.8. The van der Waals surface area contributed by atoms with E-state index in [1.165, 1.54) is 6.07 Å². The lowest BCUT2D eigenvalue weighted by Crippen LogP contribution is -2.36. The van der Waals surface area contributed by atoms with E-state index in [1.807, 2.05) is 27.7 Å². The van der Waals surface area contributed by atoms with Crippen molar-refractivity contribution in [2.45, 2.75) is 34.1 Å². The fourth-order valence-corrected chi connectivity index (χ4v) is 2.63. The number of ether oxygens (including phenoxy) is 1.